The van der Waals surface area contributed by atoms with Crippen molar-refractivity contribution in [2.75, 3.05) is 0 Å². The zero-order valence-electron chi connectivity index (χ0n) is 13.1. The molecule has 7 atom stereocenters. The van der Waals surface area contributed by atoms with E-state index in [2.05, 4.69) is 41.5 Å². The predicted molar refractivity (Wildman–Crippen MR) is 78.3 cm³/mol. The fraction of sp³-hybridized carbons (Fsp3) is 0.889. The normalized spacial score (nSPS) is 49.3. The van der Waals surface area contributed by atoms with Crippen molar-refractivity contribution in [3.63, 3.8) is 0 Å². The molecule has 18 heavy (non-hydrogen) atoms. The standard InChI is InChI=1S/C18H30/c1-10(2)13(5)9-18-14(6)17(18)16(18)12(4)8-15-7-11(15)3/h11-12,14-17H,7-9H2,1-6H3. The summed E-state index contributed by atoms with van der Waals surface area (Å²) in [5.41, 5.74) is 3.98. The molecule has 3 saturated carbocycles. The largest absolute Gasteiger partial charge is 0.0775 e. The van der Waals surface area contributed by atoms with E-state index in [0.29, 0.717) is 0 Å². The van der Waals surface area contributed by atoms with Crippen LogP contribution in [0.5, 0.6) is 0 Å². The molecule has 3 fully saturated rings. The second kappa shape index (κ2) is 3.87. The van der Waals surface area contributed by atoms with E-state index < -0.39 is 0 Å². The van der Waals surface area contributed by atoms with Crippen LogP contribution in [0.3, 0.4) is 0 Å². The first-order valence-corrected chi connectivity index (χ1v) is 8.02. The van der Waals surface area contributed by atoms with Gasteiger partial charge in [-0.1, -0.05) is 31.9 Å². The average molecular weight is 246 g/mol. The highest BCUT2D eigenvalue weighted by atomic mass is 14.9. The molecule has 0 aromatic rings. The molecular weight excluding hydrogens is 216 g/mol. The van der Waals surface area contributed by atoms with Crippen LogP contribution >= 0.6 is 0 Å². The molecule has 3 rings (SSSR count). The van der Waals surface area contributed by atoms with Gasteiger partial charge in [0.25, 0.3) is 0 Å². The van der Waals surface area contributed by atoms with Crippen LogP contribution in [0.4, 0.5) is 0 Å². The fourth-order valence-corrected chi connectivity index (χ4v) is 4.98. The van der Waals surface area contributed by atoms with E-state index >= 15 is 0 Å². The summed E-state index contributed by atoms with van der Waals surface area (Å²) in [7, 11) is 0. The first-order chi connectivity index (χ1) is 8.39. The van der Waals surface area contributed by atoms with E-state index in [-0.39, 0.29) is 0 Å². The third kappa shape index (κ3) is 1.71. The topological polar surface area (TPSA) is 0 Å². The molecule has 0 N–H and O–H groups in total. The molecule has 0 radical (unpaired) electrons. The van der Waals surface area contributed by atoms with Gasteiger partial charge >= 0.3 is 0 Å². The van der Waals surface area contributed by atoms with Crippen LogP contribution in [0, 0.1) is 40.9 Å². The summed E-state index contributed by atoms with van der Waals surface area (Å²) in [6.07, 6.45) is 4.43. The van der Waals surface area contributed by atoms with Crippen molar-refractivity contribution < 1.29 is 0 Å². The van der Waals surface area contributed by atoms with Crippen molar-refractivity contribution in [1.82, 2.24) is 0 Å². The zero-order chi connectivity index (χ0) is 13.2. The lowest BCUT2D eigenvalue weighted by molar-refractivity contribution is 0.274. The molecule has 102 valence electrons. The highest BCUT2D eigenvalue weighted by Gasteiger charge is 2.83. The van der Waals surface area contributed by atoms with E-state index in [1.165, 1.54) is 19.3 Å². The number of hydrogen-bond donors (Lipinski definition) is 0. The van der Waals surface area contributed by atoms with Crippen molar-refractivity contribution >= 4 is 0 Å². The maximum atomic E-state index is 2.54. The van der Waals surface area contributed by atoms with Gasteiger partial charge in [-0.3, -0.25) is 0 Å². The Morgan fingerprint density at radius 3 is 2.28 bits per heavy atom. The summed E-state index contributed by atoms with van der Waals surface area (Å²) in [6.45, 7) is 14.4. The van der Waals surface area contributed by atoms with Crippen LogP contribution < -0.4 is 0 Å². The van der Waals surface area contributed by atoms with Gasteiger partial charge in [0.2, 0.25) is 0 Å². The molecule has 0 amide bonds. The van der Waals surface area contributed by atoms with Gasteiger partial charge in [-0.25, -0.2) is 0 Å². The Morgan fingerprint density at radius 2 is 1.83 bits per heavy atom. The molecule has 3 aliphatic carbocycles. The summed E-state index contributed by atoms with van der Waals surface area (Å²) < 4.78 is 0. The SMILES string of the molecule is CC(C)=C(C)CC12C(C)C1C2C(C)CC1CC1C. The van der Waals surface area contributed by atoms with Gasteiger partial charge in [-0.2, -0.15) is 0 Å². The van der Waals surface area contributed by atoms with Crippen LogP contribution in [0.2, 0.25) is 0 Å². The van der Waals surface area contributed by atoms with Gasteiger partial charge < -0.3 is 0 Å². The van der Waals surface area contributed by atoms with Crippen molar-refractivity contribution in [1.29, 1.82) is 0 Å². The van der Waals surface area contributed by atoms with E-state index in [0.717, 1.165) is 40.9 Å². The van der Waals surface area contributed by atoms with E-state index in [4.69, 9.17) is 0 Å². The zero-order valence-corrected chi connectivity index (χ0v) is 13.1. The molecule has 3 aliphatic rings. The van der Waals surface area contributed by atoms with Crippen LogP contribution in [-0.2, 0) is 0 Å². The molecule has 0 bridgehead atoms. The van der Waals surface area contributed by atoms with Crippen molar-refractivity contribution in [3.05, 3.63) is 11.1 Å². The lowest BCUT2D eigenvalue weighted by atomic mass is 9.82. The second-order valence-electron chi connectivity index (χ2n) is 8.10. The monoisotopic (exact) mass is 246 g/mol. The molecule has 7 unspecified atom stereocenters. The Morgan fingerprint density at radius 1 is 1.22 bits per heavy atom. The molecule has 0 heterocycles. The molecular formula is C18H30. The summed E-state index contributed by atoms with van der Waals surface area (Å²) in [5, 5.41) is 0. The van der Waals surface area contributed by atoms with E-state index in [1.807, 2.05) is 0 Å². The Bertz CT molecular complexity index is 387. The fourth-order valence-electron chi connectivity index (χ4n) is 4.98. The Kier molecular flexibility index (Phi) is 2.74. The lowest BCUT2D eigenvalue weighted by Gasteiger charge is -2.23. The first-order valence-electron chi connectivity index (χ1n) is 8.02. The van der Waals surface area contributed by atoms with Crippen LogP contribution in [0.15, 0.2) is 11.1 Å². The number of rotatable bonds is 5. The Hall–Kier alpha value is -0.260. The van der Waals surface area contributed by atoms with Crippen LogP contribution in [0.1, 0.15) is 60.8 Å². The minimum absolute atomic E-state index is 0.763. The molecule has 0 saturated heterocycles. The smallest absolute Gasteiger partial charge is 0.0164 e. The van der Waals surface area contributed by atoms with Gasteiger partial charge in [0, 0.05) is 0 Å². The third-order valence-corrected chi connectivity index (χ3v) is 6.78. The van der Waals surface area contributed by atoms with Gasteiger partial charge in [0.15, 0.2) is 0 Å². The molecule has 0 aliphatic heterocycles. The lowest BCUT2D eigenvalue weighted by Crippen LogP contribution is -2.16. The van der Waals surface area contributed by atoms with Crippen molar-refractivity contribution in [3.8, 4) is 0 Å². The molecule has 0 spiro atoms. The highest BCUT2D eigenvalue weighted by Crippen LogP contribution is 2.88. The van der Waals surface area contributed by atoms with Crippen LogP contribution in [-0.4, -0.2) is 0 Å². The summed E-state index contributed by atoms with van der Waals surface area (Å²) >= 11 is 0. The third-order valence-electron chi connectivity index (χ3n) is 6.78. The summed E-state index contributed by atoms with van der Waals surface area (Å²) in [4.78, 5) is 0. The number of allylic oxidation sites excluding steroid dienone is 2. The van der Waals surface area contributed by atoms with Gasteiger partial charge in [-0.05, 0) is 81.0 Å². The second-order valence-corrected chi connectivity index (χ2v) is 8.10. The molecule has 0 aromatic heterocycles. The van der Waals surface area contributed by atoms with Crippen LogP contribution in [0.25, 0.3) is 0 Å². The minimum Gasteiger partial charge on any atom is -0.0775 e. The maximum Gasteiger partial charge on any atom is -0.0164 e. The average Bonchev–Trinajstić information content (AvgIpc) is 3.20. The molecule has 0 aromatic carbocycles. The summed E-state index contributed by atoms with van der Waals surface area (Å²) in [5.74, 6) is 6.31. The summed E-state index contributed by atoms with van der Waals surface area (Å²) in [6, 6.07) is 0. The molecule has 0 nitrogen and oxygen atoms in total. The number of hydrogen-bond acceptors (Lipinski definition) is 0. The molecule has 0 heteroatoms. The quantitative estimate of drug-likeness (QED) is 0.578. The first kappa shape index (κ1) is 12.8. The van der Waals surface area contributed by atoms with Gasteiger partial charge in [0.05, 0.1) is 0 Å². The Labute approximate surface area is 113 Å². The van der Waals surface area contributed by atoms with Gasteiger partial charge in [0.1, 0.15) is 0 Å². The van der Waals surface area contributed by atoms with Crippen molar-refractivity contribution in [2.45, 2.75) is 60.8 Å². The Balaban J connectivity index is 1.59. The maximum absolute atomic E-state index is 2.54. The van der Waals surface area contributed by atoms with Gasteiger partial charge in [-0.15, -0.1) is 0 Å². The minimum atomic E-state index is 0.763. The van der Waals surface area contributed by atoms with E-state index in [9.17, 15) is 0 Å². The van der Waals surface area contributed by atoms with E-state index in [1.54, 1.807) is 11.1 Å². The van der Waals surface area contributed by atoms with Crippen molar-refractivity contribution in [2.24, 2.45) is 40.9 Å². The highest BCUT2D eigenvalue weighted by molar-refractivity contribution is 5.34. The predicted octanol–water partition coefficient (Wildman–Crippen LogP) is 5.30. The number of fused-ring (bicyclic) bond motifs is 1.